The second kappa shape index (κ2) is 2.59. The Morgan fingerprint density at radius 1 is 1.36 bits per heavy atom. The first-order valence-electron chi connectivity index (χ1n) is 5.09. The van der Waals surface area contributed by atoms with Crippen LogP contribution in [0.15, 0.2) is 24.3 Å². The minimum atomic E-state index is -0.614. The summed E-state index contributed by atoms with van der Waals surface area (Å²) in [5.74, 6) is 0.0233. The maximum atomic E-state index is 10.9. The Bertz CT molecular complexity index is 397. The molecule has 0 amide bonds. The predicted molar refractivity (Wildman–Crippen MR) is 52.1 cm³/mol. The first-order valence-corrected chi connectivity index (χ1v) is 5.09. The number of carbonyl (C=O) groups is 1. The molecule has 72 valence electrons. The van der Waals surface area contributed by atoms with Gasteiger partial charge in [0.05, 0.1) is 5.92 Å². The minimum Gasteiger partial charge on any atom is -0.481 e. The lowest BCUT2D eigenvalue weighted by Crippen LogP contribution is -2.00. The highest BCUT2D eigenvalue weighted by atomic mass is 16.4. The van der Waals surface area contributed by atoms with Crippen molar-refractivity contribution in [3.8, 4) is 0 Å². The van der Waals surface area contributed by atoms with Crippen LogP contribution in [0.5, 0.6) is 0 Å². The van der Waals surface area contributed by atoms with Gasteiger partial charge in [0, 0.05) is 5.92 Å². The Morgan fingerprint density at radius 3 is 2.93 bits per heavy atom. The van der Waals surface area contributed by atoms with Crippen LogP contribution in [-0.2, 0) is 11.2 Å². The predicted octanol–water partition coefficient (Wildman–Crippen LogP) is 2.05. The summed E-state index contributed by atoms with van der Waals surface area (Å²) in [7, 11) is 0. The van der Waals surface area contributed by atoms with E-state index in [1.54, 1.807) is 0 Å². The van der Waals surface area contributed by atoms with Crippen molar-refractivity contribution in [2.45, 2.75) is 18.8 Å². The SMILES string of the molecule is O=C(O)C1C2CCc3ccccc3C21. The summed E-state index contributed by atoms with van der Waals surface area (Å²) < 4.78 is 0. The van der Waals surface area contributed by atoms with Crippen molar-refractivity contribution in [1.29, 1.82) is 0 Å². The lowest BCUT2D eigenvalue weighted by atomic mass is 9.92. The lowest BCUT2D eigenvalue weighted by molar-refractivity contribution is -0.138. The van der Waals surface area contributed by atoms with Gasteiger partial charge in [-0.2, -0.15) is 0 Å². The molecule has 14 heavy (non-hydrogen) atoms. The van der Waals surface area contributed by atoms with Crippen molar-refractivity contribution >= 4 is 5.97 Å². The number of fused-ring (bicyclic) bond motifs is 3. The molecule has 2 heteroatoms. The standard InChI is InChI=1S/C12H12O2/c13-12(14)11-9-6-5-7-3-1-2-4-8(7)10(9)11/h1-4,9-11H,5-6H2,(H,13,14). The highest BCUT2D eigenvalue weighted by molar-refractivity contribution is 5.76. The maximum absolute atomic E-state index is 10.9. The Hall–Kier alpha value is -1.31. The number of rotatable bonds is 1. The molecule has 1 saturated carbocycles. The van der Waals surface area contributed by atoms with Gasteiger partial charge in [-0.15, -0.1) is 0 Å². The molecule has 3 unspecified atom stereocenters. The molecule has 3 rings (SSSR count). The van der Waals surface area contributed by atoms with E-state index < -0.39 is 5.97 Å². The van der Waals surface area contributed by atoms with Gasteiger partial charge < -0.3 is 5.11 Å². The van der Waals surface area contributed by atoms with Gasteiger partial charge in [0.25, 0.3) is 0 Å². The van der Waals surface area contributed by atoms with Gasteiger partial charge >= 0.3 is 5.97 Å². The fourth-order valence-electron chi connectivity index (χ4n) is 2.90. The third-order valence-electron chi connectivity index (χ3n) is 3.61. The second-order valence-electron chi connectivity index (χ2n) is 4.29. The fraction of sp³-hybridized carbons (Fsp3) is 0.417. The fourth-order valence-corrected chi connectivity index (χ4v) is 2.90. The third kappa shape index (κ3) is 0.939. The molecular formula is C12H12O2. The topological polar surface area (TPSA) is 37.3 Å². The van der Waals surface area contributed by atoms with E-state index in [0.717, 1.165) is 12.8 Å². The third-order valence-corrected chi connectivity index (χ3v) is 3.61. The van der Waals surface area contributed by atoms with Crippen molar-refractivity contribution in [3.63, 3.8) is 0 Å². The summed E-state index contributed by atoms with van der Waals surface area (Å²) in [6.07, 6.45) is 2.11. The average molecular weight is 188 g/mol. The highest BCUT2D eigenvalue weighted by Gasteiger charge is 2.57. The van der Waals surface area contributed by atoms with Crippen LogP contribution in [0.1, 0.15) is 23.5 Å². The van der Waals surface area contributed by atoms with Gasteiger partial charge in [-0.3, -0.25) is 4.79 Å². The van der Waals surface area contributed by atoms with Crippen LogP contribution in [0.25, 0.3) is 0 Å². The van der Waals surface area contributed by atoms with Gasteiger partial charge in [-0.25, -0.2) is 0 Å². The lowest BCUT2D eigenvalue weighted by Gasteiger charge is -2.13. The highest BCUT2D eigenvalue weighted by Crippen LogP contribution is 2.59. The van der Waals surface area contributed by atoms with Crippen LogP contribution in [0.3, 0.4) is 0 Å². The second-order valence-corrected chi connectivity index (χ2v) is 4.29. The summed E-state index contributed by atoms with van der Waals surface area (Å²) in [6.45, 7) is 0. The summed E-state index contributed by atoms with van der Waals surface area (Å²) in [4.78, 5) is 10.9. The van der Waals surface area contributed by atoms with Crippen LogP contribution in [0.2, 0.25) is 0 Å². The van der Waals surface area contributed by atoms with Gasteiger partial charge in [-0.05, 0) is 29.9 Å². The van der Waals surface area contributed by atoms with E-state index in [0.29, 0.717) is 11.8 Å². The molecule has 2 aliphatic rings. The van der Waals surface area contributed by atoms with Crippen molar-refractivity contribution in [2.75, 3.05) is 0 Å². The first-order chi connectivity index (χ1) is 6.79. The summed E-state index contributed by atoms with van der Waals surface area (Å²) >= 11 is 0. The van der Waals surface area contributed by atoms with Crippen LogP contribution < -0.4 is 0 Å². The number of aryl methyl sites for hydroxylation is 1. The quantitative estimate of drug-likeness (QED) is 0.732. The van der Waals surface area contributed by atoms with E-state index in [-0.39, 0.29) is 5.92 Å². The van der Waals surface area contributed by atoms with E-state index >= 15 is 0 Å². The molecule has 0 heterocycles. The normalized spacial score (nSPS) is 33.0. The Morgan fingerprint density at radius 2 is 2.14 bits per heavy atom. The molecule has 2 aliphatic carbocycles. The molecule has 0 aliphatic heterocycles. The molecule has 1 aromatic carbocycles. The van der Waals surface area contributed by atoms with Gasteiger partial charge in [-0.1, -0.05) is 24.3 Å². The molecule has 0 saturated heterocycles. The molecular weight excluding hydrogens is 176 g/mol. The van der Waals surface area contributed by atoms with Gasteiger partial charge in [0.2, 0.25) is 0 Å². The van der Waals surface area contributed by atoms with Crippen LogP contribution in [0.4, 0.5) is 0 Å². The van der Waals surface area contributed by atoms with E-state index in [1.165, 1.54) is 11.1 Å². The zero-order valence-corrected chi connectivity index (χ0v) is 7.81. The molecule has 0 bridgehead atoms. The Labute approximate surface area is 82.6 Å². The van der Waals surface area contributed by atoms with E-state index in [1.807, 2.05) is 12.1 Å². The Balaban J connectivity index is 2.00. The van der Waals surface area contributed by atoms with Gasteiger partial charge in [0.1, 0.15) is 0 Å². The van der Waals surface area contributed by atoms with E-state index in [9.17, 15) is 4.79 Å². The van der Waals surface area contributed by atoms with Gasteiger partial charge in [0.15, 0.2) is 0 Å². The smallest absolute Gasteiger partial charge is 0.307 e. The van der Waals surface area contributed by atoms with Crippen LogP contribution in [-0.4, -0.2) is 11.1 Å². The van der Waals surface area contributed by atoms with Crippen molar-refractivity contribution in [2.24, 2.45) is 11.8 Å². The summed E-state index contributed by atoms with van der Waals surface area (Å²) in [5.41, 5.74) is 2.65. The monoisotopic (exact) mass is 188 g/mol. The number of hydrogen-bond acceptors (Lipinski definition) is 1. The number of benzene rings is 1. The number of hydrogen-bond donors (Lipinski definition) is 1. The zero-order valence-electron chi connectivity index (χ0n) is 7.81. The summed E-state index contributed by atoms with van der Waals surface area (Å²) in [6, 6.07) is 8.27. The molecule has 0 aromatic heterocycles. The molecule has 1 aromatic rings. The van der Waals surface area contributed by atoms with E-state index in [4.69, 9.17) is 5.11 Å². The van der Waals surface area contributed by atoms with E-state index in [2.05, 4.69) is 12.1 Å². The van der Waals surface area contributed by atoms with Crippen molar-refractivity contribution in [3.05, 3.63) is 35.4 Å². The molecule has 3 atom stereocenters. The first kappa shape index (κ1) is 8.04. The molecule has 1 fully saturated rings. The van der Waals surface area contributed by atoms with Crippen molar-refractivity contribution < 1.29 is 9.90 Å². The molecule has 1 N–H and O–H groups in total. The Kier molecular flexibility index (Phi) is 1.49. The minimum absolute atomic E-state index is 0.0985. The molecule has 0 radical (unpaired) electrons. The molecule has 2 nitrogen and oxygen atoms in total. The summed E-state index contributed by atoms with van der Waals surface area (Å²) in [5, 5.41) is 9.01. The van der Waals surface area contributed by atoms with Crippen molar-refractivity contribution in [1.82, 2.24) is 0 Å². The average Bonchev–Trinajstić information content (AvgIpc) is 2.92. The molecule has 0 spiro atoms. The number of carboxylic acids is 1. The van der Waals surface area contributed by atoms with Crippen LogP contribution >= 0.6 is 0 Å². The zero-order chi connectivity index (χ0) is 9.71. The number of carboxylic acid groups (broad SMARTS) is 1. The van der Waals surface area contributed by atoms with Crippen LogP contribution in [0, 0.1) is 11.8 Å². The maximum Gasteiger partial charge on any atom is 0.307 e. The number of aliphatic carboxylic acids is 1. The largest absolute Gasteiger partial charge is 0.481 e.